The maximum absolute atomic E-state index is 11.0. The number of hydrogen-bond donors (Lipinski definition) is 6. The minimum atomic E-state index is -4.04. The van der Waals surface area contributed by atoms with Gasteiger partial charge in [0.15, 0.2) is 0 Å². The standard InChI is InChI=1S/C19H45N4O5P.HN10.Sn.H/c1-27-29(25,26)28-19-7-5-13-23-17-9-15-21-11-3-2-10-20-14-8-16-22-12-4-6-18-24;1-3-5-7-9-10-8-6-4-2;;/h20-24H,2-19H2,1H3,(H,25,26);1H;;/q;-1;+1;/p+3/b;3-1?,7-5+,8-6+,10-9+;;. The van der Waals surface area contributed by atoms with Gasteiger partial charge in [-0.05, 0) is 25.7 Å². The number of aliphatic hydroxyl groups excluding tert-OH is 1. The Hall–Kier alpha value is -1.29. The number of aliphatic hydroxyl groups is 1. The van der Waals surface area contributed by atoms with Crippen molar-refractivity contribution in [3.8, 4) is 0 Å². The fourth-order valence-electron chi connectivity index (χ4n) is 3.12. The van der Waals surface area contributed by atoms with E-state index in [9.17, 15) is 9.46 Å². The van der Waals surface area contributed by atoms with E-state index in [4.69, 9.17) is 10.6 Å². The van der Waals surface area contributed by atoms with Gasteiger partial charge in [0.05, 0.1) is 59.0 Å². The van der Waals surface area contributed by atoms with Gasteiger partial charge in [-0.3, -0.25) is 4.57 Å². The molecule has 0 rings (SSSR count). The normalized spacial score (nSPS) is 13.4. The van der Waals surface area contributed by atoms with Crippen LogP contribution in [0, 0.1) is 5.53 Å². The van der Waals surface area contributed by atoms with Gasteiger partial charge in [-0.2, -0.15) is 0 Å². The summed E-state index contributed by atoms with van der Waals surface area (Å²) in [6.07, 6.45) is 8.79. The first kappa shape index (κ1) is 40.8. The predicted octanol–water partition coefficient (Wildman–Crippen LogP) is -2.21. The fourth-order valence-corrected chi connectivity index (χ4v) is 3.71. The molecule has 0 saturated carbocycles. The number of nitrogens with two attached hydrogens (primary N) is 4. The van der Waals surface area contributed by atoms with Crippen molar-refractivity contribution in [3.63, 3.8) is 0 Å². The van der Waals surface area contributed by atoms with E-state index < -0.39 is 7.82 Å². The number of nitrogens with one attached hydrogen (secondary N) is 1. The van der Waals surface area contributed by atoms with Gasteiger partial charge in [-0.15, -0.1) is 0 Å². The van der Waals surface area contributed by atoms with Crippen LogP contribution in [0.15, 0.2) is 45.1 Å². The molecule has 0 aromatic heterocycles. The van der Waals surface area contributed by atoms with Gasteiger partial charge in [0.1, 0.15) is 0 Å². The van der Waals surface area contributed by atoms with Crippen LogP contribution in [0.2, 0.25) is 0 Å². The van der Waals surface area contributed by atoms with Crippen LogP contribution >= 0.6 is 7.82 Å². The van der Waals surface area contributed by atoms with Gasteiger partial charge in [0, 0.05) is 39.4 Å². The molecule has 0 aromatic carbocycles. The van der Waals surface area contributed by atoms with Gasteiger partial charge in [-0.1, -0.05) is 0 Å². The number of nitrogens with zero attached hydrogens (tertiary/aromatic N) is 9. The van der Waals surface area contributed by atoms with Gasteiger partial charge in [0.2, 0.25) is 0 Å². The van der Waals surface area contributed by atoms with Crippen LogP contribution in [-0.4, -0.2) is 101 Å². The van der Waals surface area contributed by atoms with Crippen LogP contribution < -0.4 is 26.2 Å². The molecule has 1 unspecified atom stereocenters. The Morgan fingerprint density at radius 3 is 1.52 bits per heavy atom. The molecule has 10 N–H and O–H groups in total. The Morgan fingerprint density at radius 2 is 1.10 bits per heavy atom. The van der Waals surface area contributed by atoms with Gasteiger partial charge < -0.3 is 40.3 Å². The first-order valence-corrected chi connectivity index (χ1v) is 16.5. The van der Waals surface area contributed by atoms with Crippen molar-refractivity contribution in [2.24, 2.45) is 45.1 Å². The summed E-state index contributed by atoms with van der Waals surface area (Å²) in [6.45, 7) is 9.88. The molecule has 0 heterocycles. The van der Waals surface area contributed by atoms with Gasteiger partial charge >= 0.3 is 73.5 Å². The minimum absolute atomic E-state index is 0.206. The molecule has 0 bridgehead atoms. The van der Waals surface area contributed by atoms with E-state index in [1.165, 1.54) is 58.4 Å². The third kappa shape index (κ3) is 38.9. The zero-order valence-corrected chi connectivity index (χ0v) is 27.9. The average molecular weight is 704 g/mol. The molecule has 0 saturated heterocycles. The Labute approximate surface area is 249 Å². The zero-order valence-electron chi connectivity index (χ0n) is 23.7. The first-order chi connectivity index (χ1) is 19.5. The molecule has 19 nitrogen and oxygen atoms in total. The Kier molecular flexibility index (Phi) is 36.5. The summed E-state index contributed by atoms with van der Waals surface area (Å²) in [5, 5.41) is 41.6. The van der Waals surface area contributed by atoms with Crippen molar-refractivity contribution >= 4 is 30.6 Å². The summed E-state index contributed by atoms with van der Waals surface area (Å²) < 4.78 is 23.2. The molecule has 0 aliphatic carbocycles. The molecular formula is C19H50N14O5PSn+3. The second kappa shape index (κ2) is 35.7. The molecule has 232 valence electrons. The van der Waals surface area contributed by atoms with E-state index in [0.717, 1.165) is 52.4 Å². The van der Waals surface area contributed by atoms with E-state index in [2.05, 4.69) is 75.4 Å². The summed E-state index contributed by atoms with van der Waals surface area (Å²) in [6, 6.07) is 0. The topological polar surface area (TPSA) is 280 Å². The van der Waals surface area contributed by atoms with Crippen molar-refractivity contribution < 1.29 is 44.9 Å². The molecule has 0 spiro atoms. The zero-order chi connectivity index (χ0) is 29.8. The van der Waals surface area contributed by atoms with Crippen molar-refractivity contribution in [1.29, 1.82) is 5.53 Å². The maximum atomic E-state index is 11.0. The Morgan fingerprint density at radius 1 is 0.700 bits per heavy atom. The second-order valence-electron chi connectivity index (χ2n) is 8.32. The number of unbranched alkanes of at least 4 members (excludes halogenated alkanes) is 3. The van der Waals surface area contributed by atoms with Crippen molar-refractivity contribution in [3.05, 3.63) is 0 Å². The van der Waals surface area contributed by atoms with Crippen LogP contribution in [0.1, 0.15) is 51.4 Å². The fraction of sp³-hybridized carbons (Fsp3) is 1.00. The quantitative estimate of drug-likeness (QED) is 0.0173. The van der Waals surface area contributed by atoms with Gasteiger partial charge in [-0.25, -0.2) is 0 Å². The second-order valence-corrected chi connectivity index (χ2v) is 10.5. The van der Waals surface area contributed by atoms with E-state index in [0.29, 0.717) is 29.4 Å². The van der Waals surface area contributed by atoms with Gasteiger partial charge in [0.25, 0.3) is 7.82 Å². The van der Waals surface area contributed by atoms with Crippen molar-refractivity contribution in [2.75, 3.05) is 72.7 Å². The SMILES string of the molecule is COP(=O)([O-])OCCCC[NH2+]CCC[NH2+]CCCC[NH2+]CCC[NH2+]CCCCO.N=N/N=N/N=N/N=N/N=[N][SnH]. The molecule has 0 aromatic rings. The van der Waals surface area contributed by atoms with E-state index in [1.807, 2.05) is 0 Å². The van der Waals surface area contributed by atoms with E-state index in [1.54, 1.807) is 0 Å². The van der Waals surface area contributed by atoms with Crippen LogP contribution in [-0.2, 0) is 13.6 Å². The molecule has 0 amide bonds. The van der Waals surface area contributed by atoms with Crippen molar-refractivity contribution in [2.45, 2.75) is 51.4 Å². The monoisotopic (exact) mass is 705 g/mol. The first-order valence-electron chi connectivity index (χ1n) is 13.6. The Bertz CT molecular complexity index is 708. The molecule has 1 atom stereocenters. The summed E-state index contributed by atoms with van der Waals surface area (Å²) in [5.74, 6) is 0. The van der Waals surface area contributed by atoms with Crippen LogP contribution in [0.3, 0.4) is 0 Å². The van der Waals surface area contributed by atoms with E-state index >= 15 is 0 Å². The number of phosphoric acid groups is 1. The van der Waals surface area contributed by atoms with Crippen LogP contribution in [0.25, 0.3) is 0 Å². The number of hydrogen-bond acceptors (Lipinski definition) is 7. The summed E-state index contributed by atoms with van der Waals surface area (Å²) >= 11 is 0.615. The summed E-state index contributed by atoms with van der Waals surface area (Å²) in [7, 11) is -2.93. The molecule has 40 heavy (non-hydrogen) atoms. The van der Waals surface area contributed by atoms with Crippen molar-refractivity contribution in [1.82, 2.24) is 0 Å². The molecule has 2 radical (unpaired) electrons. The number of rotatable bonds is 28. The molecule has 21 heteroatoms. The van der Waals surface area contributed by atoms with Crippen LogP contribution in [0.5, 0.6) is 0 Å². The number of quaternary nitrogens is 4. The predicted molar refractivity (Wildman–Crippen MR) is 143 cm³/mol. The third-order valence-electron chi connectivity index (χ3n) is 5.13. The third-order valence-corrected chi connectivity index (χ3v) is 6.37. The van der Waals surface area contributed by atoms with Crippen LogP contribution in [0.4, 0.5) is 0 Å². The average Bonchev–Trinajstić information content (AvgIpc) is 2.95. The summed E-state index contributed by atoms with van der Waals surface area (Å²) in [4.78, 5) is 11.0. The molecule has 0 aliphatic rings. The number of phosphoric ester groups is 1. The Balaban J connectivity index is 0. The van der Waals surface area contributed by atoms with E-state index in [-0.39, 0.29) is 6.61 Å². The summed E-state index contributed by atoms with van der Waals surface area (Å²) in [5.41, 5.74) is 6.13. The molecule has 0 fully saturated rings. The molecular weight excluding hydrogens is 654 g/mol. The molecule has 0 aliphatic heterocycles.